The first-order valence-electron chi connectivity index (χ1n) is 8.75. The first-order chi connectivity index (χ1) is 12.2. The van der Waals surface area contributed by atoms with Crippen LogP contribution in [0.2, 0.25) is 0 Å². The molecule has 0 bridgehead atoms. The molecule has 25 heavy (non-hydrogen) atoms. The molecule has 0 aliphatic carbocycles. The number of anilines is 3. The van der Waals surface area contributed by atoms with Gasteiger partial charge >= 0.3 is 0 Å². The smallest absolute Gasteiger partial charge is 0.187 e. The number of aryl methyl sites for hydroxylation is 1. The van der Waals surface area contributed by atoms with E-state index in [1.807, 2.05) is 14.1 Å². The van der Waals surface area contributed by atoms with Crippen LogP contribution in [0.4, 0.5) is 16.5 Å². The zero-order valence-corrected chi connectivity index (χ0v) is 15.9. The fourth-order valence-corrected chi connectivity index (χ4v) is 3.39. The van der Waals surface area contributed by atoms with Gasteiger partial charge in [0.25, 0.3) is 0 Å². The first kappa shape index (κ1) is 17.5. The zero-order valence-electron chi connectivity index (χ0n) is 15.1. The quantitative estimate of drug-likeness (QED) is 0.569. The summed E-state index contributed by atoms with van der Waals surface area (Å²) in [5.41, 5.74) is 5.85. The predicted molar refractivity (Wildman–Crippen MR) is 110 cm³/mol. The van der Waals surface area contributed by atoms with Gasteiger partial charge in [0.1, 0.15) is 0 Å². The summed E-state index contributed by atoms with van der Waals surface area (Å²) < 4.78 is 0. The Balaban J connectivity index is 1.67. The number of nitrogens with zero attached hydrogens (tertiary/aromatic N) is 2. The van der Waals surface area contributed by atoms with Crippen LogP contribution in [-0.4, -0.2) is 19.1 Å². The molecule has 4 heteroatoms. The average molecular weight is 352 g/mol. The third-order valence-corrected chi connectivity index (χ3v) is 4.97. The van der Waals surface area contributed by atoms with Crippen molar-refractivity contribution in [3.8, 4) is 11.3 Å². The Labute approximate surface area is 154 Å². The summed E-state index contributed by atoms with van der Waals surface area (Å²) in [5.74, 6) is 0. The summed E-state index contributed by atoms with van der Waals surface area (Å²) in [7, 11) is 4.09. The van der Waals surface area contributed by atoms with E-state index in [9.17, 15) is 0 Å². The van der Waals surface area contributed by atoms with Crippen molar-refractivity contribution in [1.29, 1.82) is 0 Å². The average Bonchev–Trinajstić information content (AvgIpc) is 3.09. The van der Waals surface area contributed by atoms with Gasteiger partial charge in [-0.3, -0.25) is 0 Å². The number of benzene rings is 2. The molecule has 0 aliphatic heterocycles. The largest absolute Gasteiger partial charge is 0.378 e. The number of aromatic nitrogens is 1. The first-order valence-corrected chi connectivity index (χ1v) is 9.63. The minimum Gasteiger partial charge on any atom is -0.378 e. The number of hydrogen-bond acceptors (Lipinski definition) is 4. The van der Waals surface area contributed by atoms with Gasteiger partial charge in [0.15, 0.2) is 5.13 Å². The second-order valence-corrected chi connectivity index (χ2v) is 7.26. The number of rotatable bonds is 7. The van der Waals surface area contributed by atoms with Gasteiger partial charge < -0.3 is 10.2 Å². The van der Waals surface area contributed by atoms with Crippen molar-refractivity contribution >= 4 is 27.8 Å². The van der Waals surface area contributed by atoms with Gasteiger partial charge in [-0.05, 0) is 42.7 Å². The fourth-order valence-electron chi connectivity index (χ4n) is 2.65. The third kappa shape index (κ3) is 4.60. The molecule has 0 spiro atoms. The maximum absolute atomic E-state index is 4.72. The van der Waals surface area contributed by atoms with Gasteiger partial charge in [0, 0.05) is 36.4 Å². The van der Waals surface area contributed by atoms with E-state index in [1.54, 1.807) is 11.3 Å². The lowest BCUT2D eigenvalue weighted by atomic mass is 10.1. The molecule has 0 saturated carbocycles. The molecule has 0 radical (unpaired) electrons. The Morgan fingerprint density at radius 2 is 1.72 bits per heavy atom. The maximum atomic E-state index is 4.72. The Morgan fingerprint density at radius 1 is 1.00 bits per heavy atom. The molecule has 0 unspecified atom stereocenters. The summed E-state index contributed by atoms with van der Waals surface area (Å²) in [6.07, 6.45) is 3.64. The van der Waals surface area contributed by atoms with Crippen molar-refractivity contribution in [1.82, 2.24) is 4.98 Å². The molecule has 130 valence electrons. The Hall–Kier alpha value is -2.33. The summed E-state index contributed by atoms with van der Waals surface area (Å²) in [6.45, 7) is 2.23. The van der Waals surface area contributed by atoms with Crippen molar-refractivity contribution in [2.24, 2.45) is 0 Å². The van der Waals surface area contributed by atoms with E-state index in [2.05, 4.69) is 71.1 Å². The zero-order chi connectivity index (χ0) is 17.6. The summed E-state index contributed by atoms with van der Waals surface area (Å²) in [5, 5.41) is 6.42. The summed E-state index contributed by atoms with van der Waals surface area (Å²) in [4.78, 5) is 6.81. The van der Waals surface area contributed by atoms with E-state index < -0.39 is 0 Å². The van der Waals surface area contributed by atoms with Crippen LogP contribution in [0.5, 0.6) is 0 Å². The van der Waals surface area contributed by atoms with Crippen molar-refractivity contribution in [3.63, 3.8) is 0 Å². The predicted octanol–water partition coefficient (Wildman–Crippen LogP) is 5.96. The Bertz CT molecular complexity index is 789. The highest BCUT2D eigenvalue weighted by Crippen LogP contribution is 2.28. The molecular formula is C21H25N3S. The van der Waals surface area contributed by atoms with E-state index in [0.717, 1.165) is 22.9 Å². The maximum Gasteiger partial charge on any atom is 0.187 e. The SMILES string of the molecule is CCCCc1ccc(-c2csc(Nc3ccc(N(C)C)cc3)n2)cc1. The van der Waals surface area contributed by atoms with Crippen LogP contribution in [0.3, 0.4) is 0 Å². The Morgan fingerprint density at radius 3 is 2.36 bits per heavy atom. The molecule has 3 rings (SSSR count). The Kier molecular flexibility index (Phi) is 5.71. The minimum absolute atomic E-state index is 0.919. The molecule has 2 aromatic carbocycles. The van der Waals surface area contributed by atoms with Crippen molar-refractivity contribution < 1.29 is 0 Å². The van der Waals surface area contributed by atoms with Gasteiger partial charge in [0.2, 0.25) is 0 Å². The van der Waals surface area contributed by atoms with Gasteiger partial charge in [-0.25, -0.2) is 4.98 Å². The highest BCUT2D eigenvalue weighted by molar-refractivity contribution is 7.14. The van der Waals surface area contributed by atoms with Crippen molar-refractivity contribution in [2.45, 2.75) is 26.2 Å². The van der Waals surface area contributed by atoms with Crippen molar-refractivity contribution in [3.05, 3.63) is 59.5 Å². The molecule has 1 aromatic heterocycles. The molecule has 0 atom stereocenters. The monoisotopic (exact) mass is 351 g/mol. The van der Waals surface area contributed by atoms with Crippen molar-refractivity contribution in [2.75, 3.05) is 24.3 Å². The summed E-state index contributed by atoms with van der Waals surface area (Å²) in [6, 6.07) is 17.2. The van der Waals surface area contributed by atoms with E-state index in [0.29, 0.717) is 0 Å². The van der Waals surface area contributed by atoms with Gasteiger partial charge in [-0.15, -0.1) is 11.3 Å². The number of nitrogens with one attached hydrogen (secondary N) is 1. The van der Waals surface area contributed by atoms with E-state index in [1.165, 1.54) is 29.7 Å². The second-order valence-electron chi connectivity index (χ2n) is 6.40. The topological polar surface area (TPSA) is 28.2 Å². The van der Waals surface area contributed by atoms with Crippen LogP contribution in [-0.2, 0) is 6.42 Å². The standard InChI is InChI=1S/C21H25N3S/c1-4-5-6-16-7-9-17(10-8-16)20-15-25-21(23-20)22-18-11-13-19(14-12-18)24(2)3/h7-15H,4-6H2,1-3H3,(H,22,23). The summed E-state index contributed by atoms with van der Waals surface area (Å²) >= 11 is 1.64. The molecule has 3 aromatic rings. The van der Waals surface area contributed by atoms with Crippen LogP contribution in [0.1, 0.15) is 25.3 Å². The van der Waals surface area contributed by atoms with E-state index in [4.69, 9.17) is 4.98 Å². The molecule has 0 fully saturated rings. The molecule has 0 aliphatic rings. The number of thiazole rings is 1. The molecule has 0 amide bonds. The molecular weight excluding hydrogens is 326 g/mol. The van der Waals surface area contributed by atoms with Gasteiger partial charge in [-0.2, -0.15) is 0 Å². The molecule has 3 nitrogen and oxygen atoms in total. The van der Waals surface area contributed by atoms with Crippen LogP contribution in [0, 0.1) is 0 Å². The van der Waals surface area contributed by atoms with Gasteiger partial charge in [0.05, 0.1) is 5.69 Å². The minimum atomic E-state index is 0.919. The van der Waals surface area contributed by atoms with Crippen LogP contribution < -0.4 is 10.2 Å². The lowest BCUT2D eigenvalue weighted by molar-refractivity contribution is 0.795. The van der Waals surface area contributed by atoms with Crippen LogP contribution >= 0.6 is 11.3 Å². The molecule has 0 saturated heterocycles. The third-order valence-electron chi connectivity index (χ3n) is 4.21. The molecule has 1 heterocycles. The lowest BCUT2D eigenvalue weighted by Crippen LogP contribution is -2.08. The van der Waals surface area contributed by atoms with Gasteiger partial charge in [-0.1, -0.05) is 37.6 Å². The molecule has 1 N–H and O–H groups in total. The fraction of sp³-hybridized carbons (Fsp3) is 0.286. The van der Waals surface area contributed by atoms with E-state index >= 15 is 0 Å². The number of hydrogen-bond donors (Lipinski definition) is 1. The number of unbranched alkanes of at least 4 members (excludes halogenated alkanes) is 1. The van der Waals surface area contributed by atoms with Crippen LogP contribution in [0.15, 0.2) is 53.9 Å². The normalized spacial score (nSPS) is 10.7. The van der Waals surface area contributed by atoms with Crippen LogP contribution in [0.25, 0.3) is 11.3 Å². The second kappa shape index (κ2) is 8.17. The lowest BCUT2D eigenvalue weighted by Gasteiger charge is -2.12. The highest BCUT2D eigenvalue weighted by atomic mass is 32.1. The van der Waals surface area contributed by atoms with E-state index in [-0.39, 0.29) is 0 Å². The highest BCUT2D eigenvalue weighted by Gasteiger charge is 2.05.